The molecule has 0 amide bonds. The number of benzene rings is 1. The standard InChI is InChI=1S/C14H7Cl4NO3/c1-6(20)7-2-4-8(5-3-7)22-14(21)12-10(16)9(15)11(17)13(18)19-12/h2-5H,1H3. The minimum Gasteiger partial charge on any atom is -0.422 e. The first-order valence-corrected chi connectivity index (χ1v) is 7.35. The molecule has 1 aromatic carbocycles. The van der Waals surface area contributed by atoms with Crippen LogP contribution in [0.25, 0.3) is 0 Å². The highest BCUT2D eigenvalue weighted by Gasteiger charge is 2.22. The van der Waals surface area contributed by atoms with Crippen molar-refractivity contribution in [3.63, 3.8) is 0 Å². The number of esters is 1. The van der Waals surface area contributed by atoms with E-state index in [9.17, 15) is 9.59 Å². The number of rotatable bonds is 3. The zero-order valence-corrected chi connectivity index (χ0v) is 14.0. The van der Waals surface area contributed by atoms with Gasteiger partial charge in [-0.25, -0.2) is 9.78 Å². The fourth-order valence-corrected chi connectivity index (χ4v) is 2.34. The lowest BCUT2D eigenvalue weighted by Crippen LogP contribution is -2.12. The van der Waals surface area contributed by atoms with Crippen LogP contribution in [0.4, 0.5) is 0 Å². The molecular weight excluding hydrogens is 372 g/mol. The normalized spacial score (nSPS) is 10.4. The van der Waals surface area contributed by atoms with Crippen LogP contribution in [0.1, 0.15) is 27.8 Å². The van der Waals surface area contributed by atoms with Gasteiger partial charge in [-0.1, -0.05) is 46.4 Å². The van der Waals surface area contributed by atoms with Crippen LogP contribution in [0.3, 0.4) is 0 Å². The number of ketones is 1. The van der Waals surface area contributed by atoms with Crippen molar-refractivity contribution in [3.05, 3.63) is 55.7 Å². The Balaban J connectivity index is 2.28. The Morgan fingerprint density at radius 2 is 1.55 bits per heavy atom. The van der Waals surface area contributed by atoms with Crippen LogP contribution in [-0.2, 0) is 0 Å². The first-order valence-electron chi connectivity index (χ1n) is 5.84. The molecule has 0 N–H and O–H groups in total. The van der Waals surface area contributed by atoms with Crippen molar-refractivity contribution in [2.24, 2.45) is 0 Å². The van der Waals surface area contributed by atoms with Gasteiger partial charge < -0.3 is 4.74 Å². The molecule has 0 radical (unpaired) electrons. The molecule has 0 aliphatic heterocycles. The van der Waals surface area contributed by atoms with Crippen LogP contribution in [0.15, 0.2) is 24.3 Å². The Kier molecular flexibility index (Phi) is 5.29. The zero-order valence-electron chi connectivity index (χ0n) is 11.0. The number of pyridine rings is 1. The number of hydrogen-bond acceptors (Lipinski definition) is 4. The van der Waals surface area contributed by atoms with E-state index in [1.165, 1.54) is 31.2 Å². The zero-order chi connectivity index (χ0) is 16.4. The van der Waals surface area contributed by atoms with E-state index in [0.29, 0.717) is 5.56 Å². The van der Waals surface area contributed by atoms with E-state index in [4.69, 9.17) is 51.1 Å². The van der Waals surface area contributed by atoms with Gasteiger partial charge in [0.05, 0.1) is 15.1 Å². The summed E-state index contributed by atoms with van der Waals surface area (Å²) in [6.45, 7) is 1.43. The van der Waals surface area contributed by atoms with Gasteiger partial charge in [0.1, 0.15) is 10.9 Å². The maximum atomic E-state index is 12.1. The summed E-state index contributed by atoms with van der Waals surface area (Å²) < 4.78 is 5.11. The first-order chi connectivity index (χ1) is 10.3. The van der Waals surface area contributed by atoms with Gasteiger partial charge in [0.2, 0.25) is 0 Å². The number of Topliss-reactive ketones (excluding diaryl/α,β-unsaturated/α-hetero) is 1. The number of carbonyl (C=O) groups excluding carboxylic acids is 2. The van der Waals surface area contributed by atoms with Gasteiger partial charge in [-0.05, 0) is 31.2 Å². The molecule has 1 aromatic heterocycles. The van der Waals surface area contributed by atoms with Crippen LogP contribution in [0.2, 0.25) is 20.2 Å². The second kappa shape index (κ2) is 6.84. The fourth-order valence-electron chi connectivity index (χ4n) is 1.54. The lowest BCUT2D eigenvalue weighted by molar-refractivity contribution is 0.0729. The van der Waals surface area contributed by atoms with Gasteiger partial charge in [0.15, 0.2) is 11.5 Å². The summed E-state index contributed by atoms with van der Waals surface area (Å²) in [6.07, 6.45) is 0. The summed E-state index contributed by atoms with van der Waals surface area (Å²) in [5.74, 6) is -0.727. The molecule has 4 nitrogen and oxygen atoms in total. The Bertz CT molecular complexity index is 760. The van der Waals surface area contributed by atoms with E-state index in [1.807, 2.05) is 0 Å². The monoisotopic (exact) mass is 377 g/mol. The molecule has 8 heteroatoms. The Morgan fingerprint density at radius 1 is 0.955 bits per heavy atom. The van der Waals surface area contributed by atoms with Crippen LogP contribution < -0.4 is 4.74 Å². The highest BCUT2D eigenvalue weighted by atomic mass is 35.5. The summed E-state index contributed by atoms with van der Waals surface area (Å²) in [5, 5.41) is -0.436. The van der Waals surface area contributed by atoms with Crippen LogP contribution in [0, 0.1) is 0 Å². The van der Waals surface area contributed by atoms with E-state index >= 15 is 0 Å². The number of nitrogens with zero attached hydrogens (tertiary/aromatic N) is 1. The minimum absolute atomic E-state index is 0.0457. The van der Waals surface area contributed by atoms with Gasteiger partial charge in [0.25, 0.3) is 0 Å². The molecule has 114 valence electrons. The molecule has 22 heavy (non-hydrogen) atoms. The second-order valence-electron chi connectivity index (χ2n) is 4.16. The van der Waals surface area contributed by atoms with Crippen LogP contribution >= 0.6 is 46.4 Å². The predicted molar refractivity (Wildman–Crippen MR) is 85.7 cm³/mol. The third kappa shape index (κ3) is 3.52. The van der Waals surface area contributed by atoms with Gasteiger partial charge in [-0.15, -0.1) is 0 Å². The molecule has 0 unspecified atom stereocenters. The maximum absolute atomic E-state index is 12.1. The number of carbonyl (C=O) groups is 2. The summed E-state index contributed by atoms with van der Waals surface area (Å²) in [4.78, 5) is 27.0. The summed E-state index contributed by atoms with van der Waals surface area (Å²) in [6, 6.07) is 6.01. The van der Waals surface area contributed by atoms with Crippen molar-refractivity contribution in [1.82, 2.24) is 4.98 Å². The quantitative estimate of drug-likeness (QED) is 0.322. The second-order valence-corrected chi connectivity index (χ2v) is 5.66. The van der Waals surface area contributed by atoms with E-state index in [1.54, 1.807) is 0 Å². The molecule has 2 aromatic rings. The van der Waals surface area contributed by atoms with E-state index in [0.717, 1.165) is 0 Å². The molecule has 0 fully saturated rings. The minimum atomic E-state index is -0.846. The third-order valence-corrected chi connectivity index (χ3v) is 4.33. The summed E-state index contributed by atoms with van der Waals surface area (Å²) >= 11 is 23.3. The predicted octanol–water partition coefficient (Wildman–Crippen LogP) is 5.12. The van der Waals surface area contributed by atoms with Crippen molar-refractivity contribution in [2.75, 3.05) is 0 Å². The average molecular weight is 379 g/mol. The van der Waals surface area contributed by atoms with Gasteiger partial charge in [0, 0.05) is 5.56 Å². The highest BCUT2D eigenvalue weighted by Crippen LogP contribution is 2.36. The van der Waals surface area contributed by atoms with Gasteiger partial charge in [-0.2, -0.15) is 0 Å². The Labute approximate surface area is 145 Å². The van der Waals surface area contributed by atoms with Crippen molar-refractivity contribution in [3.8, 4) is 5.75 Å². The SMILES string of the molecule is CC(=O)c1ccc(OC(=O)c2nc(Cl)c(Cl)c(Cl)c2Cl)cc1. The molecule has 1 heterocycles. The topological polar surface area (TPSA) is 56.3 Å². The number of hydrogen-bond donors (Lipinski definition) is 0. The fraction of sp³-hybridized carbons (Fsp3) is 0.0714. The van der Waals surface area contributed by atoms with Gasteiger partial charge in [-0.3, -0.25) is 4.79 Å². The van der Waals surface area contributed by atoms with Crippen LogP contribution in [0.5, 0.6) is 5.75 Å². The Morgan fingerprint density at radius 3 is 2.09 bits per heavy atom. The molecule has 0 saturated carbocycles. The van der Waals surface area contributed by atoms with Crippen LogP contribution in [-0.4, -0.2) is 16.7 Å². The molecule has 0 aliphatic rings. The summed E-state index contributed by atoms with van der Waals surface area (Å²) in [5.41, 5.74) is 0.241. The number of ether oxygens (including phenoxy) is 1. The molecular formula is C14H7Cl4NO3. The van der Waals surface area contributed by atoms with Crippen molar-refractivity contribution < 1.29 is 14.3 Å². The van der Waals surface area contributed by atoms with Crippen molar-refractivity contribution >= 4 is 58.2 Å². The lowest BCUT2D eigenvalue weighted by Gasteiger charge is -2.08. The largest absolute Gasteiger partial charge is 0.422 e. The van der Waals surface area contributed by atoms with E-state index in [-0.39, 0.29) is 37.4 Å². The van der Waals surface area contributed by atoms with Crippen molar-refractivity contribution in [2.45, 2.75) is 6.92 Å². The molecule has 0 bridgehead atoms. The lowest BCUT2D eigenvalue weighted by atomic mass is 10.1. The number of halogens is 4. The molecule has 0 atom stereocenters. The van der Waals surface area contributed by atoms with Gasteiger partial charge >= 0.3 is 5.97 Å². The molecule has 0 spiro atoms. The first kappa shape index (κ1) is 17.0. The molecule has 0 aliphatic carbocycles. The van der Waals surface area contributed by atoms with E-state index in [2.05, 4.69) is 4.98 Å². The van der Waals surface area contributed by atoms with E-state index < -0.39 is 5.97 Å². The smallest absolute Gasteiger partial charge is 0.364 e. The third-order valence-electron chi connectivity index (χ3n) is 2.65. The molecule has 0 saturated heterocycles. The summed E-state index contributed by atoms with van der Waals surface area (Å²) in [7, 11) is 0. The number of aromatic nitrogens is 1. The van der Waals surface area contributed by atoms with Crippen molar-refractivity contribution in [1.29, 1.82) is 0 Å². The average Bonchev–Trinajstić information content (AvgIpc) is 2.49. The maximum Gasteiger partial charge on any atom is 0.364 e. The highest BCUT2D eigenvalue weighted by molar-refractivity contribution is 6.52. The Hall–Kier alpha value is -1.33. The molecule has 2 rings (SSSR count).